The van der Waals surface area contributed by atoms with Gasteiger partial charge >= 0.3 is 0 Å². The summed E-state index contributed by atoms with van der Waals surface area (Å²) in [4.78, 5) is 0. The van der Waals surface area contributed by atoms with E-state index in [1.54, 1.807) is 0 Å². The Kier molecular flexibility index (Phi) is 5.61. The Hall–Kier alpha value is -0.760. The van der Waals surface area contributed by atoms with Gasteiger partial charge < -0.3 is 4.74 Å². The van der Waals surface area contributed by atoms with Gasteiger partial charge in [0.25, 0.3) is 0 Å². The van der Waals surface area contributed by atoms with Crippen LogP contribution in [0.1, 0.15) is 38.7 Å². The lowest BCUT2D eigenvalue weighted by Gasteiger charge is -2.12. The van der Waals surface area contributed by atoms with Crippen molar-refractivity contribution in [2.45, 2.75) is 33.1 Å². The highest BCUT2D eigenvalue weighted by atomic mass is 79.9. The first-order valence-corrected chi connectivity index (χ1v) is 6.51. The number of halogens is 1. The van der Waals surface area contributed by atoms with Gasteiger partial charge in [-0.3, -0.25) is 0 Å². The lowest BCUT2D eigenvalue weighted by atomic mass is 9.97. The maximum absolute atomic E-state index is 5.49. The summed E-state index contributed by atoms with van der Waals surface area (Å²) in [7, 11) is 0. The van der Waals surface area contributed by atoms with Gasteiger partial charge in [0.15, 0.2) is 0 Å². The third-order valence-electron chi connectivity index (χ3n) is 2.55. The first-order valence-electron chi connectivity index (χ1n) is 5.72. The minimum atomic E-state index is 0.545. The average Bonchev–Trinajstić information content (AvgIpc) is 2.29. The summed E-state index contributed by atoms with van der Waals surface area (Å²) in [5.74, 6) is 1.47. The van der Waals surface area contributed by atoms with Crippen molar-refractivity contribution in [1.82, 2.24) is 0 Å². The fraction of sp³-hybridized carbons (Fsp3) is 0.429. The predicted octanol–water partition coefficient (Wildman–Crippen LogP) is 4.92. The van der Waals surface area contributed by atoms with Crippen LogP contribution in [-0.2, 0) is 0 Å². The van der Waals surface area contributed by atoms with Crippen molar-refractivity contribution in [1.29, 1.82) is 0 Å². The highest BCUT2D eigenvalue weighted by Crippen LogP contribution is 2.30. The second kappa shape index (κ2) is 6.74. The van der Waals surface area contributed by atoms with E-state index in [9.17, 15) is 0 Å². The molecule has 1 unspecified atom stereocenters. The van der Waals surface area contributed by atoms with Crippen LogP contribution < -0.4 is 4.74 Å². The largest absolute Gasteiger partial charge is 0.493 e. The van der Waals surface area contributed by atoms with Gasteiger partial charge in [-0.15, -0.1) is 0 Å². The fourth-order valence-corrected chi connectivity index (χ4v) is 2.08. The zero-order chi connectivity index (χ0) is 12.0. The number of rotatable bonds is 5. The van der Waals surface area contributed by atoms with E-state index >= 15 is 0 Å². The van der Waals surface area contributed by atoms with Gasteiger partial charge in [0, 0.05) is 0 Å². The molecule has 0 saturated heterocycles. The minimum absolute atomic E-state index is 0.545. The Balaban J connectivity index is 2.79. The number of hydrogen-bond donors (Lipinski definition) is 0. The third-order valence-corrected chi connectivity index (χ3v) is 3.17. The van der Waals surface area contributed by atoms with Crippen molar-refractivity contribution in [3.63, 3.8) is 0 Å². The second-order valence-electron chi connectivity index (χ2n) is 3.83. The summed E-state index contributed by atoms with van der Waals surface area (Å²) in [6.07, 6.45) is 5.38. The molecule has 1 aromatic rings. The van der Waals surface area contributed by atoms with E-state index in [0.29, 0.717) is 12.5 Å². The van der Waals surface area contributed by atoms with E-state index in [4.69, 9.17) is 4.74 Å². The van der Waals surface area contributed by atoms with E-state index in [2.05, 4.69) is 54.1 Å². The van der Waals surface area contributed by atoms with Crippen LogP contribution in [0.15, 0.2) is 34.8 Å². The van der Waals surface area contributed by atoms with Gasteiger partial charge in [0.05, 0.1) is 11.1 Å². The number of allylic oxidation sites excluding steroid dienone is 2. The number of ether oxygens (including phenoxy) is 1. The van der Waals surface area contributed by atoms with Crippen molar-refractivity contribution in [3.05, 3.63) is 40.4 Å². The zero-order valence-electron chi connectivity index (χ0n) is 10.2. The summed E-state index contributed by atoms with van der Waals surface area (Å²) in [5.41, 5.74) is 1.34. The Labute approximate surface area is 107 Å². The van der Waals surface area contributed by atoms with E-state index in [1.165, 1.54) is 5.56 Å². The summed E-state index contributed by atoms with van der Waals surface area (Å²) < 4.78 is 6.53. The molecule has 0 spiro atoms. The van der Waals surface area contributed by atoms with Gasteiger partial charge in [0.2, 0.25) is 0 Å². The molecule has 0 amide bonds. The fourth-order valence-electron chi connectivity index (χ4n) is 1.57. The molecule has 0 aliphatic heterocycles. The Morgan fingerprint density at radius 3 is 2.75 bits per heavy atom. The van der Waals surface area contributed by atoms with Crippen LogP contribution in [0.4, 0.5) is 0 Å². The van der Waals surface area contributed by atoms with Crippen molar-refractivity contribution >= 4 is 15.9 Å². The maximum Gasteiger partial charge on any atom is 0.133 e. The second-order valence-corrected chi connectivity index (χ2v) is 4.68. The predicted molar refractivity (Wildman–Crippen MR) is 73.2 cm³/mol. The molecule has 0 N–H and O–H groups in total. The average molecular weight is 283 g/mol. The molecule has 2 heteroatoms. The molecule has 0 aromatic heterocycles. The van der Waals surface area contributed by atoms with Crippen LogP contribution >= 0.6 is 15.9 Å². The normalized spacial score (nSPS) is 13.0. The van der Waals surface area contributed by atoms with Gasteiger partial charge in [-0.05, 0) is 59.8 Å². The molecular weight excluding hydrogens is 264 g/mol. The first-order chi connectivity index (χ1) is 7.69. The molecule has 0 radical (unpaired) electrons. The zero-order valence-corrected chi connectivity index (χ0v) is 11.8. The molecule has 0 aliphatic carbocycles. The molecule has 1 nitrogen and oxygen atoms in total. The van der Waals surface area contributed by atoms with Crippen molar-refractivity contribution in [2.75, 3.05) is 6.61 Å². The van der Waals surface area contributed by atoms with E-state index in [0.717, 1.165) is 16.6 Å². The highest BCUT2D eigenvalue weighted by Gasteiger charge is 2.07. The van der Waals surface area contributed by atoms with Crippen LogP contribution in [0, 0.1) is 0 Å². The summed E-state index contributed by atoms with van der Waals surface area (Å²) in [6, 6.07) is 6.33. The molecule has 0 bridgehead atoms. The van der Waals surface area contributed by atoms with Crippen LogP contribution in [0.2, 0.25) is 0 Å². The van der Waals surface area contributed by atoms with Gasteiger partial charge in [-0.1, -0.05) is 25.1 Å². The van der Waals surface area contributed by atoms with Gasteiger partial charge in [-0.2, -0.15) is 0 Å². The van der Waals surface area contributed by atoms with Gasteiger partial charge in [-0.25, -0.2) is 0 Å². The Morgan fingerprint density at radius 1 is 1.44 bits per heavy atom. The smallest absolute Gasteiger partial charge is 0.133 e. The molecule has 0 fully saturated rings. The highest BCUT2D eigenvalue weighted by molar-refractivity contribution is 9.10. The monoisotopic (exact) mass is 282 g/mol. The molecular formula is C14H19BrO. The molecule has 0 heterocycles. The summed E-state index contributed by atoms with van der Waals surface area (Å²) in [6.45, 7) is 6.99. The SMILES string of the molecule is C/C=C\CC(C)c1ccc(OCC)c(Br)c1. The third kappa shape index (κ3) is 3.67. The quantitative estimate of drug-likeness (QED) is 0.697. The van der Waals surface area contributed by atoms with Crippen molar-refractivity contribution in [3.8, 4) is 5.75 Å². The van der Waals surface area contributed by atoms with Gasteiger partial charge in [0.1, 0.15) is 5.75 Å². The lowest BCUT2D eigenvalue weighted by molar-refractivity contribution is 0.338. The summed E-state index contributed by atoms with van der Waals surface area (Å²) >= 11 is 3.54. The van der Waals surface area contributed by atoms with Crippen molar-refractivity contribution in [2.24, 2.45) is 0 Å². The van der Waals surface area contributed by atoms with E-state index in [-0.39, 0.29) is 0 Å². The standard InChI is InChI=1S/C14H19BrO/c1-4-6-7-11(3)12-8-9-14(16-5-2)13(15)10-12/h4,6,8-11H,5,7H2,1-3H3/b6-4-. The lowest BCUT2D eigenvalue weighted by Crippen LogP contribution is -1.95. The molecule has 1 rings (SSSR count). The molecule has 16 heavy (non-hydrogen) atoms. The molecule has 88 valence electrons. The summed E-state index contributed by atoms with van der Waals surface area (Å²) in [5, 5.41) is 0. The number of hydrogen-bond acceptors (Lipinski definition) is 1. The first kappa shape index (κ1) is 13.3. The minimum Gasteiger partial charge on any atom is -0.493 e. The van der Waals surface area contributed by atoms with Crippen LogP contribution in [-0.4, -0.2) is 6.61 Å². The Morgan fingerprint density at radius 2 is 2.19 bits per heavy atom. The topological polar surface area (TPSA) is 9.23 Å². The molecule has 1 aromatic carbocycles. The van der Waals surface area contributed by atoms with Crippen LogP contribution in [0.25, 0.3) is 0 Å². The van der Waals surface area contributed by atoms with E-state index in [1.807, 2.05) is 13.0 Å². The number of benzene rings is 1. The van der Waals surface area contributed by atoms with Crippen molar-refractivity contribution < 1.29 is 4.74 Å². The van der Waals surface area contributed by atoms with Crippen LogP contribution in [0.5, 0.6) is 5.75 Å². The van der Waals surface area contributed by atoms with Crippen LogP contribution in [0.3, 0.4) is 0 Å². The van der Waals surface area contributed by atoms with E-state index < -0.39 is 0 Å². The molecule has 1 atom stereocenters. The Bertz CT molecular complexity index is 358. The maximum atomic E-state index is 5.49. The molecule has 0 aliphatic rings. The molecule has 0 saturated carbocycles.